The third-order valence-electron chi connectivity index (χ3n) is 5.61. The van der Waals surface area contributed by atoms with Crippen LogP contribution in [0, 0.1) is 26.6 Å². The summed E-state index contributed by atoms with van der Waals surface area (Å²) in [5.41, 5.74) is 4.64. The molecule has 0 radical (unpaired) electrons. The van der Waals surface area contributed by atoms with Crippen molar-refractivity contribution < 1.29 is 12.8 Å². The van der Waals surface area contributed by atoms with Crippen molar-refractivity contribution >= 4 is 10.0 Å². The van der Waals surface area contributed by atoms with Gasteiger partial charge in [0.25, 0.3) is 0 Å². The molecule has 1 fully saturated rings. The Balaban J connectivity index is 1.64. The lowest BCUT2D eigenvalue weighted by atomic mass is 9.93. The number of sulfonamides is 1. The molecule has 0 amide bonds. The van der Waals surface area contributed by atoms with Gasteiger partial charge in [-0.15, -0.1) is 0 Å². The zero-order valence-electron chi connectivity index (χ0n) is 17.3. The number of pyridine rings is 1. The molecule has 30 heavy (non-hydrogen) atoms. The van der Waals surface area contributed by atoms with Gasteiger partial charge in [-0.05, 0) is 69.0 Å². The summed E-state index contributed by atoms with van der Waals surface area (Å²) in [7, 11) is -3.63. The number of benzene rings is 1. The minimum atomic E-state index is -3.63. The first-order chi connectivity index (χ1) is 14.3. The highest BCUT2D eigenvalue weighted by molar-refractivity contribution is 7.89. The van der Waals surface area contributed by atoms with Gasteiger partial charge in [0.2, 0.25) is 10.0 Å². The highest BCUT2D eigenvalue weighted by Crippen LogP contribution is 2.33. The Hall–Kier alpha value is -2.58. The zero-order chi connectivity index (χ0) is 21.5. The van der Waals surface area contributed by atoms with E-state index in [9.17, 15) is 12.8 Å². The van der Waals surface area contributed by atoms with Crippen LogP contribution in [0.15, 0.2) is 41.3 Å². The average Bonchev–Trinajstić information content (AvgIpc) is 3.07. The van der Waals surface area contributed by atoms with E-state index in [0.29, 0.717) is 24.5 Å². The molecule has 3 heterocycles. The molecule has 0 aliphatic carbocycles. The second kappa shape index (κ2) is 7.92. The summed E-state index contributed by atoms with van der Waals surface area (Å²) in [5.74, 6) is -0.275. The largest absolute Gasteiger partial charge is 0.281 e. The van der Waals surface area contributed by atoms with Crippen molar-refractivity contribution in [2.75, 3.05) is 13.1 Å². The second-order valence-electron chi connectivity index (χ2n) is 7.89. The Labute approximate surface area is 176 Å². The standard InChI is InChI=1S/C22H25FN4O2S/c1-14-11-19(17-6-8-20(23)9-7-17)12-21(24-14)18-5-4-10-27(13-18)30(28,29)22-15(2)25-26-16(22)3/h6-9,11-12,18H,4-5,10,13H2,1-3H3,(H,25,26)/t18-/m0/s1. The van der Waals surface area contributed by atoms with Crippen molar-refractivity contribution in [3.63, 3.8) is 0 Å². The predicted molar refractivity (Wildman–Crippen MR) is 113 cm³/mol. The molecule has 1 N–H and O–H groups in total. The lowest BCUT2D eigenvalue weighted by Gasteiger charge is -2.32. The molecule has 1 atom stereocenters. The van der Waals surface area contributed by atoms with E-state index < -0.39 is 10.0 Å². The van der Waals surface area contributed by atoms with Crippen LogP contribution in [0.1, 0.15) is 41.5 Å². The fourth-order valence-corrected chi connectivity index (χ4v) is 6.02. The maximum absolute atomic E-state index is 13.3. The average molecular weight is 429 g/mol. The molecule has 1 aliphatic rings. The molecular formula is C22H25FN4O2S. The lowest BCUT2D eigenvalue weighted by Crippen LogP contribution is -2.39. The molecule has 0 saturated carbocycles. The molecule has 1 aromatic carbocycles. The molecule has 0 unspecified atom stereocenters. The maximum atomic E-state index is 13.3. The van der Waals surface area contributed by atoms with Crippen molar-refractivity contribution in [1.82, 2.24) is 19.5 Å². The van der Waals surface area contributed by atoms with E-state index in [4.69, 9.17) is 4.98 Å². The van der Waals surface area contributed by atoms with Gasteiger partial charge in [0.15, 0.2) is 0 Å². The minimum absolute atomic E-state index is 0.000127. The number of halogens is 1. The summed E-state index contributed by atoms with van der Waals surface area (Å²) >= 11 is 0. The highest BCUT2D eigenvalue weighted by atomic mass is 32.2. The molecular weight excluding hydrogens is 403 g/mol. The SMILES string of the molecule is Cc1cc(-c2ccc(F)cc2)cc([C@H]2CCCN(S(=O)(=O)c3c(C)n[nH]c3C)C2)n1. The van der Waals surface area contributed by atoms with E-state index in [2.05, 4.69) is 10.2 Å². The summed E-state index contributed by atoms with van der Waals surface area (Å²) in [6.07, 6.45) is 1.63. The Morgan fingerprint density at radius 3 is 2.50 bits per heavy atom. The normalized spacial score (nSPS) is 17.9. The van der Waals surface area contributed by atoms with Crippen LogP contribution in [-0.2, 0) is 10.0 Å². The smallest absolute Gasteiger partial charge is 0.246 e. The van der Waals surface area contributed by atoms with Gasteiger partial charge in [0.1, 0.15) is 10.7 Å². The quantitative estimate of drug-likeness (QED) is 0.678. The van der Waals surface area contributed by atoms with Gasteiger partial charge in [-0.1, -0.05) is 12.1 Å². The summed E-state index contributed by atoms with van der Waals surface area (Å²) in [5, 5.41) is 6.81. The summed E-state index contributed by atoms with van der Waals surface area (Å²) < 4.78 is 41.4. The van der Waals surface area contributed by atoms with Gasteiger partial charge in [0.05, 0.1) is 11.4 Å². The van der Waals surface area contributed by atoms with Crippen LogP contribution in [0.4, 0.5) is 4.39 Å². The van der Waals surface area contributed by atoms with E-state index in [1.807, 2.05) is 19.1 Å². The number of nitrogens with zero attached hydrogens (tertiary/aromatic N) is 3. The first-order valence-corrected chi connectivity index (χ1v) is 11.5. The molecule has 8 heteroatoms. The zero-order valence-corrected chi connectivity index (χ0v) is 18.1. The van der Waals surface area contributed by atoms with E-state index in [0.717, 1.165) is 35.4 Å². The molecule has 0 spiro atoms. The number of aromatic nitrogens is 3. The van der Waals surface area contributed by atoms with Crippen molar-refractivity contribution in [2.24, 2.45) is 0 Å². The first kappa shape index (κ1) is 20.7. The number of piperidine rings is 1. The van der Waals surface area contributed by atoms with E-state index in [1.54, 1.807) is 30.3 Å². The van der Waals surface area contributed by atoms with Gasteiger partial charge in [0, 0.05) is 30.4 Å². The third kappa shape index (κ3) is 3.89. The van der Waals surface area contributed by atoms with E-state index in [-0.39, 0.29) is 16.6 Å². The molecule has 2 aromatic heterocycles. The molecule has 0 bridgehead atoms. The minimum Gasteiger partial charge on any atom is -0.281 e. The van der Waals surface area contributed by atoms with Crippen LogP contribution in [0.2, 0.25) is 0 Å². The number of hydrogen-bond donors (Lipinski definition) is 1. The second-order valence-corrected chi connectivity index (χ2v) is 9.77. The van der Waals surface area contributed by atoms with Crippen LogP contribution in [0.3, 0.4) is 0 Å². The summed E-state index contributed by atoms with van der Waals surface area (Å²) in [6.45, 7) is 6.22. The number of nitrogens with one attached hydrogen (secondary N) is 1. The third-order valence-corrected chi connectivity index (χ3v) is 7.74. The number of aromatic amines is 1. The van der Waals surface area contributed by atoms with E-state index >= 15 is 0 Å². The van der Waals surface area contributed by atoms with Gasteiger partial charge in [-0.2, -0.15) is 9.40 Å². The summed E-state index contributed by atoms with van der Waals surface area (Å²) in [6, 6.07) is 10.3. The molecule has 3 aromatic rings. The van der Waals surface area contributed by atoms with Crippen molar-refractivity contribution in [1.29, 1.82) is 0 Å². The van der Waals surface area contributed by atoms with Crippen LogP contribution in [0.5, 0.6) is 0 Å². The predicted octanol–water partition coefficient (Wildman–Crippen LogP) is 4.10. The fourth-order valence-electron chi connectivity index (χ4n) is 4.16. The molecule has 4 rings (SSSR count). The van der Waals surface area contributed by atoms with Crippen molar-refractivity contribution in [2.45, 2.75) is 44.4 Å². The van der Waals surface area contributed by atoms with Crippen LogP contribution >= 0.6 is 0 Å². The van der Waals surface area contributed by atoms with Gasteiger partial charge >= 0.3 is 0 Å². The molecule has 158 valence electrons. The van der Waals surface area contributed by atoms with Gasteiger partial charge < -0.3 is 0 Å². The highest BCUT2D eigenvalue weighted by Gasteiger charge is 2.34. The Morgan fingerprint density at radius 1 is 1.10 bits per heavy atom. The monoisotopic (exact) mass is 428 g/mol. The number of rotatable bonds is 4. The lowest BCUT2D eigenvalue weighted by molar-refractivity contribution is 0.312. The van der Waals surface area contributed by atoms with E-state index in [1.165, 1.54) is 12.1 Å². The molecule has 6 nitrogen and oxygen atoms in total. The van der Waals surface area contributed by atoms with Crippen LogP contribution in [-0.4, -0.2) is 41.0 Å². The van der Waals surface area contributed by atoms with Gasteiger partial charge in [-0.3, -0.25) is 10.1 Å². The first-order valence-electron chi connectivity index (χ1n) is 10.0. The maximum Gasteiger partial charge on any atom is 0.246 e. The number of H-pyrrole nitrogens is 1. The number of hydrogen-bond acceptors (Lipinski definition) is 4. The van der Waals surface area contributed by atoms with Gasteiger partial charge in [-0.25, -0.2) is 12.8 Å². The molecule has 1 aliphatic heterocycles. The molecule has 1 saturated heterocycles. The van der Waals surface area contributed by atoms with Crippen molar-refractivity contribution in [3.05, 3.63) is 65.0 Å². The topological polar surface area (TPSA) is 79.0 Å². The Morgan fingerprint density at radius 2 is 1.83 bits per heavy atom. The fraction of sp³-hybridized carbons (Fsp3) is 0.364. The van der Waals surface area contributed by atoms with Crippen molar-refractivity contribution in [3.8, 4) is 11.1 Å². The Kier molecular flexibility index (Phi) is 5.46. The van der Waals surface area contributed by atoms with Crippen LogP contribution in [0.25, 0.3) is 11.1 Å². The number of aryl methyl sites for hydroxylation is 3. The summed E-state index contributed by atoms with van der Waals surface area (Å²) in [4.78, 5) is 4.97. The van der Waals surface area contributed by atoms with Crippen LogP contribution < -0.4 is 0 Å². The Bertz CT molecular complexity index is 1150.